The monoisotopic (exact) mass is 303 g/mol. The minimum atomic E-state index is -3.33. The van der Waals surface area contributed by atoms with Gasteiger partial charge in [0.15, 0.2) is 0 Å². The molecular weight excluding hydrogens is 281 g/mol. The molecule has 0 aliphatic rings. The van der Waals surface area contributed by atoms with E-state index in [1.807, 2.05) is 30.3 Å². The van der Waals surface area contributed by atoms with Crippen molar-refractivity contribution in [3.8, 4) is 0 Å². The van der Waals surface area contributed by atoms with E-state index in [1.165, 1.54) is 6.66 Å². The second-order valence-electron chi connectivity index (χ2n) is 4.10. The third-order valence-corrected chi connectivity index (χ3v) is 2.58. The summed E-state index contributed by atoms with van der Waals surface area (Å²) in [6.07, 6.45) is 0. The standard InChI is InChI=1S/C8H11O3P.C5H11NO2/c1-12(9,10)11-7-8-5-3-2-4-6-8;1-3-8-5(7)4(2)6/h2-6H,7H2,1H3,(H,9,10);4H,3,6H2,1-2H3. The SMILES string of the molecule is CCOC(=O)C(C)N.CP(=O)(O)OCc1ccccc1. The lowest BCUT2D eigenvalue weighted by atomic mass is 10.2. The Kier molecular flexibility index (Phi) is 9.08. The van der Waals surface area contributed by atoms with Crippen LogP contribution in [0.2, 0.25) is 0 Å². The third kappa shape index (κ3) is 10.7. The molecule has 1 aromatic carbocycles. The molecule has 0 saturated heterocycles. The molecule has 7 heteroatoms. The number of carbonyl (C=O) groups is 1. The molecule has 0 fully saturated rings. The molecule has 0 aliphatic carbocycles. The minimum absolute atomic E-state index is 0.186. The molecule has 1 aromatic rings. The molecule has 0 spiro atoms. The highest BCUT2D eigenvalue weighted by atomic mass is 31.2. The van der Waals surface area contributed by atoms with Gasteiger partial charge in [0.2, 0.25) is 0 Å². The Morgan fingerprint density at radius 2 is 1.95 bits per heavy atom. The molecule has 2 atom stereocenters. The lowest BCUT2D eigenvalue weighted by molar-refractivity contribution is -0.144. The first-order valence-electron chi connectivity index (χ1n) is 6.17. The van der Waals surface area contributed by atoms with Crippen molar-refractivity contribution < 1.29 is 23.5 Å². The van der Waals surface area contributed by atoms with Gasteiger partial charge >= 0.3 is 13.6 Å². The molecule has 0 aliphatic heterocycles. The van der Waals surface area contributed by atoms with Gasteiger partial charge in [-0.3, -0.25) is 9.36 Å². The summed E-state index contributed by atoms with van der Waals surface area (Å²) in [5, 5.41) is 0. The third-order valence-electron chi connectivity index (χ3n) is 1.97. The van der Waals surface area contributed by atoms with E-state index in [-0.39, 0.29) is 12.6 Å². The summed E-state index contributed by atoms with van der Waals surface area (Å²) in [7, 11) is -3.33. The Labute approximate surface area is 119 Å². The first-order valence-corrected chi connectivity index (χ1v) is 8.19. The van der Waals surface area contributed by atoms with Crippen LogP contribution in [0.4, 0.5) is 0 Å². The average Bonchev–Trinajstić information content (AvgIpc) is 2.38. The van der Waals surface area contributed by atoms with Crippen LogP contribution in [0.1, 0.15) is 19.4 Å². The number of carbonyl (C=O) groups excluding carboxylic acids is 1. The molecule has 0 heterocycles. The van der Waals surface area contributed by atoms with Gasteiger partial charge < -0.3 is 19.9 Å². The zero-order chi connectivity index (χ0) is 15.6. The van der Waals surface area contributed by atoms with Crippen molar-refractivity contribution in [2.24, 2.45) is 5.73 Å². The predicted molar refractivity (Wildman–Crippen MR) is 77.3 cm³/mol. The molecule has 1 rings (SSSR count). The van der Waals surface area contributed by atoms with E-state index in [0.29, 0.717) is 6.61 Å². The van der Waals surface area contributed by atoms with Crippen molar-refractivity contribution in [1.82, 2.24) is 0 Å². The molecule has 0 bridgehead atoms. The average molecular weight is 303 g/mol. The van der Waals surface area contributed by atoms with E-state index in [2.05, 4.69) is 4.74 Å². The van der Waals surface area contributed by atoms with Gasteiger partial charge in [0.1, 0.15) is 6.04 Å². The van der Waals surface area contributed by atoms with Crippen LogP contribution in [0, 0.1) is 0 Å². The Hall–Kier alpha value is -1.20. The number of esters is 1. The largest absolute Gasteiger partial charge is 0.465 e. The zero-order valence-electron chi connectivity index (χ0n) is 12.0. The van der Waals surface area contributed by atoms with Gasteiger partial charge in [-0.15, -0.1) is 0 Å². The molecule has 114 valence electrons. The van der Waals surface area contributed by atoms with Crippen molar-refractivity contribution in [2.45, 2.75) is 26.5 Å². The van der Waals surface area contributed by atoms with Crippen LogP contribution in [0.15, 0.2) is 30.3 Å². The molecule has 0 aromatic heterocycles. The maximum Gasteiger partial charge on any atom is 0.325 e. The quantitative estimate of drug-likeness (QED) is 0.637. The van der Waals surface area contributed by atoms with Gasteiger partial charge in [0, 0.05) is 6.66 Å². The maximum atomic E-state index is 10.7. The molecule has 0 saturated carbocycles. The summed E-state index contributed by atoms with van der Waals surface area (Å²) in [4.78, 5) is 19.2. The molecule has 0 amide bonds. The summed E-state index contributed by atoms with van der Waals surface area (Å²) in [6.45, 7) is 5.11. The predicted octanol–water partition coefficient (Wildman–Crippen LogP) is 1.92. The van der Waals surface area contributed by atoms with E-state index >= 15 is 0 Å². The first kappa shape index (κ1) is 18.8. The molecule has 2 unspecified atom stereocenters. The number of ether oxygens (including phenoxy) is 1. The van der Waals surface area contributed by atoms with E-state index in [9.17, 15) is 9.36 Å². The van der Waals surface area contributed by atoms with Crippen LogP contribution in [-0.2, 0) is 25.2 Å². The van der Waals surface area contributed by atoms with Gasteiger partial charge in [0.25, 0.3) is 0 Å². The van der Waals surface area contributed by atoms with Gasteiger partial charge in [-0.2, -0.15) is 0 Å². The highest BCUT2D eigenvalue weighted by molar-refractivity contribution is 7.51. The highest BCUT2D eigenvalue weighted by Gasteiger charge is 2.09. The lowest BCUT2D eigenvalue weighted by Crippen LogP contribution is -2.28. The smallest absolute Gasteiger partial charge is 0.325 e. The second-order valence-corrected chi connectivity index (χ2v) is 5.97. The molecule has 3 N–H and O–H groups in total. The Balaban J connectivity index is 0.000000396. The number of rotatable bonds is 5. The zero-order valence-corrected chi connectivity index (χ0v) is 12.9. The van der Waals surface area contributed by atoms with Crippen molar-refractivity contribution in [1.29, 1.82) is 0 Å². The summed E-state index contributed by atoms with van der Waals surface area (Å²) in [5.74, 6) is -0.340. The summed E-state index contributed by atoms with van der Waals surface area (Å²) >= 11 is 0. The van der Waals surface area contributed by atoms with Crippen molar-refractivity contribution in [3.63, 3.8) is 0 Å². The van der Waals surface area contributed by atoms with Gasteiger partial charge in [-0.05, 0) is 19.4 Å². The van der Waals surface area contributed by atoms with E-state index in [0.717, 1.165) is 5.56 Å². The number of hydrogen-bond acceptors (Lipinski definition) is 5. The second kappa shape index (κ2) is 9.66. The highest BCUT2D eigenvalue weighted by Crippen LogP contribution is 2.37. The van der Waals surface area contributed by atoms with Crippen molar-refractivity contribution in [3.05, 3.63) is 35.9 Å². The van der Waals surface area contributed by atoms with Gasteiger partial charge in [-0.25, -0.2) is 0 Å². The van der Waals surface area contributed by atoms with Crippen LogP contribution in [0.3, 0.4) is 0 Å². The summed E-state index contributed by atoms with van der Waals surface area (Å²) < 4.78 is 20.0. The van der Waals surface area contributed by atoms with E-state index < -0.39 is 13.6 Å². The van der Waals surface area contributed by atoms with Gasteiger partial charge in [-0.1, -0.05) is 30.3 Å². The van der Waals surface area contributed by atoms with Crippen LogP contribution < -0.4 is 5.73 Å². The van der Waals surface area contributed by atoms with E-state index in [4.69, 9.17) is 15.2 Å². The maximum absolute atomic E-state index is 10.7. The minimum Gasteiger partial charge on any atom is -0.465 e. The Morgan fingerprint density at radius 3 is 2.30 bits per heavy atom. The lowest BCUT2D eigenvalue weighted by Gasteiger charge is -2.05. The summed E-state index contributed by atoms with van der Waals surface area (Å²) in [6, 6.07) is 8.79. The van der Waals surface area contributed by atoms with Crippen LogP contribution in [0.25, 0.3) is 0 Å². The van der Waals surface area contributed by atoms with Crippen molar-refractivity contribution >= 4 is 13.6 Å². The summed E-state index contributed by atoms with van der Waals surface area (Å²) in [5.41, 5.74) is 6.04. The number of hydrogen-bond donors (Lipinski definition) is 2. The fourth-order valence-electron chi connectivity index (χ4n) is 1.04. The molecule has 0 radical (unpaired) electrons. The molecular formula is C13H22NO5P. The van der Waals surface area contributed by atoms with E-state index in [1.54, 1.807) is 13.8 Å². The number of benzene rings is 1. The fourth-order valence-corrected chi connectivity index (χ4v) is 1.43. The van der Waals surface area contributed by atoms with Gasteiger partial charge in [0.05, 0.1) is 13.2 Å². The van der Waals surface area contributed by atoms with Crippen LogP contribution >= 0.6 is 7.60 Å². The number of nitrogens with two attached hydrogens (primary N) is 1. The normalized spacial score (nSPS) is 14.4. The topological polar surface area (TPSA) is 98.9 Å². The van der Waals surface area contributed by atoms with Crippen LogP contribution in [0.5, 0.6) is 0 Å². The molecule has 6 nitrogen and oxygen atoms in total. The fraction of sp³-hybridized carbons (Fsp3) is 0.462. The Morgan fingerprint density at radius 1 is 1.40 bits per heavy atom. The first-order chi connectivity index (χ1) is 9.26. The Bertz CT molecular complexity index is 430. The van der Waals surface area contributed by atoms with Crippen LogP contribution in [-0.4, -0.2) is 30.2 Å². The van der Waals surface area contributed by atoms with Crippen molar-refractivity contribution in [2.75, 3.05) is 13.3 Å². The molecule has 20 heavy (non-hydrogen) atoms.